The summed E-state index contributed by atoms with van der Waals surface area (Å²) in [6, 6.07) is 3.99. The topological polar surface area (TPSA) is 61.6 Å². The minimum atomic E-state index is 0.604. The highest BCUT2D eigenvalue weighted by atomic mass is 32.1. The van der Waals surface area contributed by atoms with E-state index in [-0.39, 0.29) is 0 Å². The summed E-state index contributed by atoms with van der Waals surface area (Å²) >= 11 is 1.58. The third kappa shape index (κ3) is 2.18. The maximum Gasteiger partial charge on any atom is 0.144 e. The van der Waals surface area contributed by atoms with Gasteiger partial charge in [-0.25, -0.2) is 4.98 Å². The number of hydrogen-bond acceptors (Lipinski definition) is 5. The quantitative estimate of drug-likeness (QED) is 0.879. The molecule has 80 valence electrons. The number of nitrogens with zero attached hydrogens (tertiary/aromatic N) is 3. The third-order valence-corrected chi connectivity index (χ3v) is 2.96. The zero-order chi connectivity index (χ0) is 11.4. The second kappa shape index (κ2) is 4.73. The van der Waals surface area contributed by atoms with E-state index in [2.05, 4.69) is 21.4 Å². The molecule has 0 saturated carbocycles. The number of thiazole rings is 1. The average Bonchev–Trinajstić information content (AvgIpc) is 2.79. The Kier molecular flexibility index (Phi) is 3.13. The van der Waals surface area contributed by atoms with Crippen LogP contribution >= 0.6 is 11.3 Å². The van der Waals surface area contributed by atoms with Crippen molar-refractivity contribution in [1.82, 2.24) is 9.97 Å². The summed E-state index contributed by atoms with van der Waals surface area (Å²) in [5, 5.41) is 12.2. The summed E-state index contributed by atoms with van der Waals surface area (Å²) in [5.74, 6) is 0.635. The number of rotatable bonds is 3. The second-order valence-electron chi connectivity index (χ2n) is 3.28. The summed E-state index contributed by atoms with van der Waals surface area (Å²) in [5.41, 5.74) is 3.32. The minimum absolute atomic E-state index is 0.604. The van der Waals surface area contributed by atoms with Crippen molar-refractivity contribution in [2.75, 3.05) is 5.32 Å². The minimum Gasteiger partial charge on any atom is -0.364 e. The maximum atomic E-state index is 9.02. The molecule has 0 bridgehead atoms. The number of aromatic nitrogens is 2. The van der Waals surface area contributed by atoms with Crippen molar-refractivity contribution in [2.24, 2.45) is 0 Å². The molecule has 1 N–H and O–H groups in total. The molecule has 0 fully saturated rings. The van der Waals surface area contributed by atoms with Gasteiger partial charge in [0.05, 0.1) is 17.6 Å². The Hall–Kier alpha value is -1.93. The number of pyridine rings is 1. The van der Waals surface area contributed by atoms with Crippen molar-refractivity contribution in [3.63, 3.8) is 0 Å². The van der Waals surface area contributed by atoms with Gasteiger partial charge in [0.15, 0.2) is 0 Å². The van der Waals surface area contributed by atoms with E-state index in [0.29, 0.717) is 17.9 Å². The Balaban J connectivity index is 2.16. The Morgan fingerprint density at radius 1 is 1.56 bits per heavy atom. The zero-order valence-electron chi connectivity index (χ0n) is 8.77. The Bertz CT molecular complexity index is 513. The standard InChI is InChI=1S/C11H10N4S/c1-8-2-3-14-11(10(8)4-12)15-6-9-5-13-7-16-9/h2-3,5,7H,6H2,1H3,(H,14,15). The van der Waals surface area contributed by atoms with Crippen LogP contribution in [-0.2, 0) is 6.54 Å². The summed E-state index contributed by atoms with van der Waals surface area (Å²) in [6.45, 7) is 2.55. The molecule has 2 aromatic heterocycles. The molecule has 0 spiro atoms. The first-order chi connectivity index (χ1) is 7.81. The predicted molar refractivity (Wildman–Crippen MR) is 63.1 cm³/mol. The second-order valence-corrected chi connectivity index (χ2v) is 4.26. The van der Waals surface area contributed by atoms with E-state index in [4.69, 9.17) is 5.26 Å². The van der Waals surface area contributed by atoms with Crippen molar-refractivity contribution in [3.05, 3.63) is 40.0 Å². The van der Waals surface area contributed by atoms with Gasteiger partial charge in [-0.3, -0.25) is 4.98 Å². The lowest BCUT2D eigenvalue weighted by Crippen LogP contribution is -2.03. The fourth-order valence-corrected chi connectivity index (χ4v) is 1.87. The molecular weight excluding hydrogens is 220 g/mol. The highest BCUT2D eigenvalue weighted by Gasteiger charge is 2.05. The smallest absolute Gasteiger partial charge is 0.144 e. The Labute approximate surface area is 97.6 Å². The molecule has 0 atom stereocenters. The van der Waals surface area contributed by atoms with Crippen molar-refractivity contribution >= 4 is 17.2 Å². The largest absolute Gasteiger partial charge is 0.364 e. The first kappa shape index (κ1) is 10.6. The van der Waals surface area contributed by atoms with E-state index in [9.17, 15) is 0 Å². The highest BCUT2D eigenvalue weighted by Crippen LogP contribution is 2.16. The van der Waals surface area contributed by atoms with E-state index in [1.54, 1.807) is 29.2 Å². The van der Waals surface area contributed by atoms with Gasteiger partial charge in [-0.1, -0.05) is 0 Å². The molecule has 0 aliphatic rings. The molecule has 2 heterocycles. The van der Waals surface area contributed by atoms with E-state index in [0.717, 1.165) is 10.4 Å². The summed E-state index contributed by atoms with van der Waals surface area (Å²) in [6.07, 6.45) is 3.50. The van der Waals surface area contributed by atoms with Crippen molar-refractivity contribution in [1.29, 1.82) is 5.26 Å². The predicted octanol–water partition coefficient (Wildman–Crippen LogP) is 2.33. The molecule has 0 radical (unpaired) electrons. The number of aryl methyl sites for hydroxylation is 1. The maximum absolute atomic E-state index is 9.02. The van der Waals surface area contributed by atoms with E-state index < -0.39 is 0 Å². The molecule has 0 saturated heterocycles. The highest BCUT2D eigenvalue weighted by molar-refractivity contribution is 7.09. The molecule has 2 aromatic rings. The average molecular weight is 230 g/mol. The third-order valence-electron chi connectivity index (χ3n) is 2.18. The first-order valence-electron chi connectivity index (χ1n) is 4.78. The first-order valence-corrected chi connectivity index (χ1v) is 5.66. The van der Waals surface area contributed by atoms with Crippen LogP contribution in [0.5, 0.6) is 0 Å². The van der Waals surface area contributed by atoms with E-state index in [1.807, 2.05) is 13.0 Å². The molecule has 0 aliphatic heterocycles. The molecule has 0 amide bonds. The van der Waals surface area contributed by atoms with Crippen LogP contribution in [0.1, 0.15) is 16.0 Å². The van der Waals surface area contributed by atoms with Gasteiger partial charge in [0.1, 0.15) is 11.9 Å². The molecule has 4 nitrogen and oxygen atoms in total. The van der Waals surface area contributed by atoms with Gasteiger partial charge in [-0.15, -0.1) is 11.3 Å². The van der Waals surface area contributed by atoms with Crippen LogP contribution in [0.15, 0.2) is 24.0 Å². The molecule has 16 heavy (non-hydrogen) atoms. The Morgan fingerprint density at radius 2 is 2.44 bits per heavy atom. The number of nitriles is 1. The van der Waals surface area contributed by atoms with E-state index in [1.165, 1.54) is 0 Å². The molecular formula is C11H10N4S. The van der Waals surface area contributed by atoms with Gasteiger partial charge in [0.2, 0.25) is 0 Å². The van der Waals surface area contributed by atoms with Crippen LogP contribution in [0.3, 0.4) is 0 Å². The lowest BCUT2D eigenvalue weighted by Gasteiger charge is -2.06. The number of hydrogen-bond donors (Lipinski definition) is 1. The summed E-state index contributed by atoms with van der Waals surface area (Å²) < 4.78 is 0. The van der Waals surface area contributed by atoms with Crippen LogP contribution in [0.4, 0.5) is 5.82 Å². The van der Waals surface area contributed by atoms with Gasteiger partial charge in [-0.05, 0) is 18.6 Å². The van der Waals surface area contributed by atoms with E-state index >= 15 is 0 Å². The summed E-state index contributed by atoms with van der Waals surface area (Å²) in [4.78, 5) is 9.27. The van der Waals surface area contributed by atoms with Crippen molar-refractivity contribution in [2.45, 2.75) is 13.5 Å². The van der Waals surface area contributed by atoms with Crippen molar-refractivity contribution < 1.29 is 0 Å². The fraction of sp³-hybridized carbons (Fsp3) is 0.182. The lowest BCUT2D eigenvalue weighted by atomic mass is 10.1. The van der Waals surface area contributed by atoms with Gasteiger partial charge in [0, 0.05) is 17.3 Å². The van der Waals surface area contributed by atoms with Gasteiger partial charge in [-0.2, -0.15) is 5.26 Å². The van der Waals surface area contributed by atoms with Crippen LogP contribution in [0, 0.1) is 18.3 Å². The van der Waals surface area contributed by atoms with Crippen LogP contribution in [0.25, 0.3) is 0 Å². The van der Waals surface area contributed by atoms with Crippen LogP contribution in [-0.4, -0.2) is 9.97 Å². The van der Waals surface area contributed by atoms with Crippen molar-refractivity contribution in [3.8, 4) is 6.07 Å². The Morgan fingerprint density at radius 3 is 3.12 bits per heavy atom. The van der Waals surface area contributed by atoms with Crippen LogP contribution < -0.4 is 5.32 Å². The van der Waals surface area contributed by atoms with Gasteiger partial charge >= 0.3 is 0 Å². The molecule has 0 aromatic carbocycles. The summed E-state index contributed by atoms with van der Waals surface area (Å²) in [7, 11) is 0. The van der Waals surface area contributed by atoms with Gasteiger partial charge < -0.3 is 5.32 Å². The number of nitrogens with one attached hydrogen (secondary N) is 1. The molecule has 0 aliphatic carbocycles. The van der Waals surface area contributed by atoms with Gasteiger partial charge in [0.25, 0.3) is 0 Å². The fourth-order valence-electron chi connectivity index (χ4n) is 1.33. The monoisotopic (exact) mass is 230 g/mol. The zero-order valence-corrected chi connectivity index (χ0v) is 9.58. The molecule has 0 unspecified atom stereocenters. The molecule has 5 heteroatoms. The van der Waals surface area contributed by atoms with Crippen LogP contribution in [0.2, 0.25) is 0 Å². The number of anilines is 1. The normalized spacial score (nSPS) is 9.75. The molecule has 2 rings (SSSR count). The SMILES string of the molecule is Cc1ccnc(NCc2cncs2)c1C#N. The lowest BCUT2D eigenvalue weighted by molar-refractivity contribution is 1.12.